The summed E-state index contributed by atoms with van der Waals surface area (Å²) in [6.45, 7) is -0.356. The minimum absolute atomic E-state index is 0.0341. The Bertz CT molecular complexity index is 128. The molecule has 0 unspecified atom stereocenters. The van der Waals surface area contributed by atoms with E-state index in [4.69, 9.17) is 20.4 Å². The molecular weight excluding hydrogens is 152 g/mol. The number of aliphatic hydroxyl groups is 4. The van der Waals surface area contributed by atoms with Gasteiger partial charge in [-0.1, -0.05) is 0 Å². The van der Waals surface area contributed by atoms with Crippen LogP contribution >= 0.6 is 0 Å². The van der Waals surface area contributed by atoms with Crippen LogP contribution in [0, 0.1) is 0 Å². The average molecular weight is 164 g/mol. The summed E-state index contributed by atoms with van der Waals surface area (Å²) in [5, 5.41) is 35.5. The summed E-state index contributed by atoms with van der Waals surface area (Å²) < 4.78 is 4.67. The van der Waals surface area contributed by atoms with E-state index in [1.54, 1.807) is 0 Å². The highest BCUT2D eigenvalue weighted by Gasteiger charge is 2.34. The monoisotopic (exact) mass is 164 g/mol. The third-order valence-corrected chi connectivity index (χ3v) is 1.74. The number of hydrogen-bond acceptors (Lipinski definition) is 5. The predicted octanol–water partition coefficient (Wildman–Crippen LogP) is -2.19. The van der Waals surface area contributed by atoms with E-state index < -0.39 is 24.6 Å². The maximum absolute atomic E-state index is 9.10. The van der Waals surface area contributed by atoms with Crippen molar-refractivity contribution in [2.75, 3.05) is 6.61 Å². The SMILES string of the molecule is OC[C@@H]1O[C@H](O)[C@@H](O)C[C@H]1O. The van der Waals surface area contributed by atoms with Crippen LogP contribution < -0.4 is 0 Å². The lowest BCUT2D eigenvalue weighted by Crippen LogP contribution is -2.48. The van der Waals surface area contributed by atoms with Crippen molar-refractivity contribution in [3.8, 4) is 0 Å². The molecule has 0 spiro atoms. The van der Waals surface area contributed by atoms with Crippen molar-refractivity contribution in [1.29, 1.82) is 0 Å². The van der Waals surface area contributed by atoms with E-state index in [1.807, 2.05) is 0 Å². The first-order valence-electron chi connectivity index (χ1n) is 3.45. The zero-order chi connectivity index (χ0) is 8.43. The highest BCUT2D eigenvalue weighted by atomic mass is 16.6. The first-order valence-corrected chi connectivity index (χ1v) is 3.45. The fourth-order valence-corrected chi connectivity index (χ4v) is 1.04. The molecule has 4 N–H and O–H groups in total. The zero-order valence-electron chi connectivity index (χ0n) is 5.92. The van der Waals surface area contributed by atoms with Crippen LogP contribution in [0.1, 0.15) is 6.42 Å². The predicted molar refractivity (Wildman–Crippen MR) is 34.6 cm³/mol. The van der Waals surface area contributed by atoms with E-state index in [0.29, 0.717) is 0 Å². The van der Waals surface area contributed by atoms with E-state index in [0.717, 1.165) is 0 Å². The van der Waals surface area contributed by atoms with E-state index in [2.05, 4.69) is 4.74 Å². The Morgan fingerprint density at radius 1 is 1.18 bits per heavy atom. The topological polar surface area (TPSA) is 90.2 Å². The van der Waals surface area contributed by atoms with Gasteiger partial charge < -0.3 is 25.2 Å². The minimum Gasteiger partial charge on any atom is -0.394 e. The first kappa shape index (κ1) is 8.89. The molecule has 1 saturated heterocycles. The molecule has 1 fully saturated rings. The molecule has 4 atom stereocenters. The van der Waals surface area contributed by atoms with Crippen LogP contribution in [-0.4, -0.2) is 51.6 Å². The van der Waals surface area contributed by atoms with E-state index in [9.17, 15) is 0 Å². The molecular formula is C6H12O5. The van der Waals surface area contributed by atoms with Crippen molar-refractivity contribution in [2.24, 2.45) is 0 Å². The van der Waals surface area contributed by atoms with Gasteiger partial charge in [-0.3, -0.25) is 0 Å². The van der Waals surface area contributed by atoms with Crippen molar-refractivity contribution < 1.29 is 25.2 Å². The van der Waals surface area contributed by atoms with Crippen LogP contribution in [0.4, 0.5) is 0 Å². The maximum Gasteiger partial charge on any atom is 0.181 e. The second-order valence-electron chi connectivity index (χ2n) is 2.62. The molecule has 0 amide bonds. The number of ether oxygens (including phenoxy) is 1. The Morgan fingerprint density at radius 3 is 2.36 bits per heavy atom. The zero-order valence-corrected chi connectivity index (χ0v) is 5.92. The molecule has 0 bridgehead atoms. The van der Waals surface area contributed by atoms with Gasteiger partial charge in [-0.2, -0.15) is 0 Å². The molecule has 5 heteroatoms. The van der Waals surface area contributed by atoms with Crippen molar-refractivity contribution in [2.45, 2.75) is 31.0 Å². The van der Waals surface area contributed by atoms with Crippen LogP contribution in [0.5, 0.6) is 0 Å². The quantitative estimate of drug-likeness (QED) is 0.353. The molecule has 5 nitrogen and oxygen atoms in total. The van der Waals surface area contributed by atoms with Gasteiger partial charge in [0.15, 0.2) is 6.29 Å². The smallest absolute Gasteiger partial charge is 0.181 e. The molecule has 11 heavy (non-hydrogen) atoms. The Kier molecular flexibility index (Phi) is 2.80. The normalized spacial score (nSPS) is 45.8. The minimum atomic E-state index is -1.30. The van der Waals surface area contributed by atoms with Gasteiger partial charge in [0.25, 0.3) is 0 Å². The number of hydrogen-bond donors (Lipinski definition) is 4. The Hall–Kier alpha value is -0.200. The summed E-state index contributed by atoms with van der Waals surface area (Å²) in [7, 11) is 0. The standard InChI is InChI=1S/C6H12O5/c7-2-5-3(8)1-4(9)6(10)11-5/h3-10H,1-2H2/t3-,4+,5+,6+/m1/s1. The summed E-state index contributed by atoms with van der Waals surface area (Å²) >= 11 is 0. The highest BCUT2D eigenvalue weighted by molar-refractivity contribution is 4.79. The summed E-state index contributed by atoms with van der Waals surface area (Å²) in [6, 6.07) is 0. The third kappa shape index (κ3) is 1.88. The van der Waals surface area contributed by atoms with Crippen molar-refractivity contribution in [1.82, 2.24) is 0 Å². The maximum atomic E-state index is 9.10. The van der Waals surface area contributed by atoms with Crippen LogP contribution in [0.15, 0.2) is 0 Å². The lowest BCUT2D eigenvalue weighted by Gasteiger charge is -2.33. The van der Waals surface area contributed by atoms with E-state index >= 15 is 0 Å². The Morgan fingerprint density at radius 2 is 1.82 bits per heavy atom. The molecule has 1 rings (SSSR count). The largest absolute Gasteiger partial charge is 0.394 e. The van der Waals surface area contributed by atoms with Crippen LogP contribution in [0.25, 0.3) is 0 Å². The van der Waals surface area contributed by atoms with Gasteiger partial charge in [-0.15, -0.1) is 0 Å². The van der Waals surface area contributed by atoms with E-state index in [-0.39, 0.29) is 13.0 Å². The third-order valence-electron chi connectivity index (χ3n) is 1.74. The molecule has 0 radical (unpaired) electrons. The molecule has 0 aromatic carbocycles. The van der Waals surface area contributed by atoms with Gasteiger partial charge in [-0.05, 0) is 0 Å². The Balaban J connectivity index is 2.48. The van der Waals surface area contributed by atoms with Gasteiger partial charge in [0.1, 0.15) is 12.2 Å². The van der Waals surface area contributed by atoms with Gasteiger partial charge >= 0.3 is 0 Å². The average Bonchev–Trinajstić information content (AvgIpc) is 1.97. The van der Waals surface area contributed by atoms with Crippen molar-refractivity contribution in [3.63, 3.8) is 0 Å². The van der Waals surface area contributed by atoms with Crippen LogP contribution in [0.3, 0.4) is 0 Å². The highest BCUT2D eigenvalue weighted by Crippen LogP contribution is 2.18. The lowest BCUT2D eigenvalue weighted by molar-refractivity contribution is -0.251. The molecule has 66 valence electrons. The molecule has 0 aliphatic carbocycles. The molecule has 0 aromatic rings. The Labute approximate surface area is 63.8 Å². The van der Waals surface area contributed by atoms with E-state index in [1.165, 1.54) is 0 Å². The molecule has 1 heterocycles. The molecule has 1 aliphatic heterocycles. The second-order valence-corrected chi connectivity index (χ2v) is 2.62. The second kappa shape index (κ2) is 3.46. The molecule has 1 aliphatic rings. The van der Waals surface area contributed by atoms with Gasteiger partial charge in [0.2, 0.25) is 0 Å². The molecule has 0 saturated carbocycles. The number of aliphatic hydroxyl groups excluding tert-OH is 4. The van der Waals surface area contributed by atoms with Gasteiger partial charge in [-0.25, -0.2) is 0 Å². The summed E-state index contributed by atoms with van der Waals surface area (Å²) in [4.78, 5) is 0. The first-order chi connectivity index (χ1) is 5.15. The van der Waals surface area contributed by atoms with Crippen LogP contribution in [-0.2, 0) is 4.74 Å². The summed E-state index contributed by atoms with van der Waals surface area (Å²) in [5.74, 6) is 0. The fourth-order valence-electron chi connectivity index (χ4n) is 1.04. The van der Waals surface area contributed by atoms with Crippen molar-refractivity contribution >= 4 is 0 Å². The summed E-state index contributed by atoms with van der Waals surface area (Å²) in [6.07, 6.45) is -4.01. The van der Waals surface area contributed by atoms with Crippen LogP contribution in [0.2, 0.25) is 0 Å². The molecule has 0 aromatic heterocycles. The summed E-state index contributed by atoms with van der Waals surface area (Å²) in [5.41, 5.74) is 0. The lowest BCUT2D eigenvalue weighted by atomic mass is 10.0. The van der Waals surface area contributed by atoms with Crippen molar-refractivity contribution in [3.05, 3.63) is 0 Å². The fraction of sp³-hybridized carbons (Fsp3) is 1.00. The van der Waals surface area contributed by atoms with Gasteiger partial charge in [0.05, 0.1) is 12.7 Å². The number of rotatable bonds is 1. The van der Waals surface area contributed by atoms with Gasteiger partial charge in [0, 0.05) is 6.42 Å².